The standard InChI is InChI=1S/C13H14FN3O/c14-12-3-1-11(2-4-12)9-16-13(18)5-7-17-8-6-15-10-17/h1-4,6,8,10H,5,7,9H2,(H,16,18). The Morgan fingerprint density at radius 2 is 2.11 bits per heavy atom. The van der Waals surface area contributed by atoms with Gasteiger partial charge >= 0.3 is 0 Å². The molecule has 0 radical (unpaired) electrons. The van der Waals surface area contributed by atoms with Crippen LogP contribution in [0.4, 0.5) is 4.39 Å². The highest BCUT2D eigenvalue weighted by Crippen LogP contribution is 2.02. The quantitative estimate of drug-likeness (QED) is 0.874. The second kappa shape index (κ2) is 5.95. The van der Waals surface area contributed by atoms with Crippen molar-refractivity contribution in [3.8, 4) is 0 Å². The van der Waals surface area contributed by atoms with Gasteiger partial charge in [0.25, 0.3) is 0 Å². The van der Waals surface area contributed by atoms with Gasteiger partial charge in [0.05, 0.1) is 6.33 Å². The molecule has 2 rings (SSSR count). The Morgan fingerprint density at radius 3 is 2.78 bits per heavy atom. The van der Waals surface area contributed by atoms with E-state index in [0.29, 0.717) is 19.5 Å². The number of carbonyl (C=O) groups is 1. The van der Waals surface area contributed by atoms with Crippen LogP contribution in [0.5, 0.6) is 0 Å². The molecule has 2 aromatic rings. The molecule has 0 fully saturated rings. The number of nitrogens with zero attached hydrogens (tertiary/aromatic N) is 2. The second-order valence-corrected chi connectivity index (χ2v) is 3.95. The van der Waals surface area contributed by atoms with Crippen LogP contribution in [-0.2, 0) is 17.9 Å². The molecule has 0 saturated carbocycles. The normalized spacial score (nSPS) is 10.3. The Kier molecular flexibility index (Phi) is 4.06. The van der Waals surface area contributed by atoms with Crippen LogP contribution in [0.15, 0.2) is 43.0 Å². The first-order valence-electron chi connectivity index (χ1n) is 5.71. The number of benzene rings is 1. The number of imidazole rings is 1. The summed E-state index contributed by atoms with van der Waals surface area (Å²) in [5.74, 6) is -0.307. The summed E-state index contributed by atoms with van der Waals surface area (Å²) in [5.41, 5.74) is 0.882. The van der Waals surface area contributed by atoms with E-state index in [2.05, 4.69) is 10.3 Å². The third-order valence-corrected chi connectivity index (χ3v) is 2.56. The van der Waals surface area contributed by atoms with Crippen molar-refractivity contribution < 1.29 is 9.18 Å². The van der Waals surface area contributed by atoms with Crippen molar-refractivity contribution in [1.82, 2.24) is 14.9 Å². The summed E-state index contributed by atoms with van der Waals surface area (Å²) < 4.78 is 14.5. The largest absolute Gasteiger partial charge is 0.352 e. The molecule has 0 aliphatic rings. The van der Waals surface area contributed by atoms with Gasteiger partial charge in [0, 0.05) is 31.9 Å². The molecule has 1 aromatic carbocycles. The summed E-state index contributed by atoms with van der Waals surface area (Å²) in [5, 5.41) is 2.79. The molecular weight excluding hydrogens is 233 g/mol. The van der Waals surface area contributed by atoms with Gasteiger partial charge in [0.2, 0.25) is 5.91 Å². The molecule has 1 amide bonds. The first-order valence-corrected chi connectivity index (χ1v) is 5.71. The van der Waals surface area contributed by atoms with E-state index in [9.17, 15) is 9.18 Å². The van der Waals surface area contributed by atoms with Crippen LogP contribution in [0.3, 0.4) is 0 Å². The van der Waals surface area contributed by atoms with Crippen molar-refractivity contribution in [2.75, 3.05) is 0 Å². The lowest BCUT2D eigenvalue weighted by Gasteiger charge is -2.05. The van der Waals surface area contributed by atoms with Gasteiger partial charge in [-0.3, -0.25) is 4.79 Å². The van der Waals surface area contributed by atoms with E-state index in [1.165, 1.54) is 12.1 Å². The van der Waals surface area contributed by atoms with Gasteiger partial charge in [-0.15, -0.1) is 0 Å². The van der Waals surface area contributed by atoms with Gasteiger partial charge in [0.1, 0.15) is 5.82 Å². The van der Waals surface area contributed by atoms with E-state index in [-0.39, 0.29) is 11.7 Å². The molecule has 5 heteroatoms. The van der Waals surface area contributed by atoms with Gasteiger partial charge in [-0.05, 0) is 17.7 Å². The van der Waals surface area contributed by atoms with E-state index < -0.39 is 0 Å². The molecule has 0 atom stereocenters. The van der Waals surface area contributed by atoms with Gasteiger partial charge < -0.3 is 9.88 Å². The number of amides is 1. The molecule has 1 aromatic heterocycles. The smallest absolute Gasteiger partial charge is 0.222 e. The van der Waals surface area contributed by atoms with Crippen molar-refractivity contribution in [2.45, 2.75) is 19.5 Å². The van der Waals surface area contributed by atoms with Gasteiger partial charge in [0.15, 0.2) is 0 Å². The molecule has 0 saturated heterocycles. The van der Waals surface area contributed by atoms with Crippen molar-refractivity contribution in [1.29, 1.82) is 0 Å². The topological polar surface area (TPSA) is 46.9 Å². The number of carbonyl (C=O) groups excluding carboxylic acids is 1. The lowest BCUT2D eigenvalue weighted by Crippen LogP contribution is -2.23. The molecule has 0 spiro atoms. The fourth-order valence-corrected chi connectivity index (χ4v) is 1.54. The zero-order chi connectivity index (χ0) is 12.8. The summed E-state index contributed by atoms with van der Waals surface area (Å²) in [4.78, 5) is 15.5. The fraction of sp³-hybridized carbons (Fsp3) is 0.231. The third-order valence-electron chi connectivity index (χ3n) is 2.56. The minimum atomic E-state index is -0.273. The van der Waals surface area contributed by atoms with Crippen LogP contribution in [0.25, 0.3) is 0 Å². The average Bonchev–Trinajstić information content (AvgIpc) is 2.89. The van der Waals surface area contributed by atoms with Crippen molar-refractivity contribution >= 4 is 5.91 Å². The average molecular weight is 247 g/mol. The van der Waals surface area contributed by atoms with Gasteiger partial charge in [-0.25, -0.2) is 9.37 Å². The number of halogens is 1. The van der Waals surface area contributed by atoms with Crippen LogP contribution in [0.1, 0.15) is 12.0 Å². The number of hydrogen-bond acceptors (Lipinski definition) is 2. The molecule has 0 aliphatic heterocycles. The Labute approximate surface area is 104 Å². The number of nitrogens with one attached hydrogen (secondary N) is 1. The maximum atomic E-state index is 12.7. The predicted octanol–water partition coefficient (Wildman–Crippen LogP) is 1.73. The summed E-state index contributed by atoms with van der Waals surface area (Å²) in [7, 11) is 0. The van der Waals surface area contributed by atoms with E-state index in [0.717, 1.165) is 5.56 Å². The minimum absolute atomic E-state index is 0.0342. The molecule has 94 valence electrons. The van der Waals surface area contributed by atoms with Crippen molar-refractivity contribution in [3.05, 3.63) is 54.4 Å². The number of hydrogen-bond donors (Lipinski definition) is 1. The summed E-state index contributed by atoms with van der Waals surface area (Å²) in [6, 6.07) is 6.08. The highest BCUT2D eigenvalue weighted by atomic mass is 19.1. The second-order valence-electron chi connectivity index (χ2n) is 3.95. The first-order chi connectivity index (χ1) is 8.74. The van der Waals surface area contributed by atoms with Crippen LogP contribution < -0.4 is 5.32 Å². The molecule has 4 nitrogen and oxygen atoms in total. The lowest BCUT2D eigenvalue weighted by atomic mass is 10.2. The molecule has 1 heterocycles. The van der Waals surface area contributed by atoms with Crippen molar-refractivity contribution in [2.24, 2.45) is 0 Å². The maximum absolute atomic E-state index is 12.7. The Balaban J connectivity index is 1.73. The first kappa shape index (κ1) is 12.3. The summed E-state index contributed by atoms with van der Waals surface area (Å²) >= 11 is 0. The Morgan fingerprint density at radius 1 is 1.33 bits per heavy atom. The van der Waals surface area contributed by atoms with Crippen LogP contribution in [0.2, 0.25) is 0 Å². The highest BCUT2D eigenvalue weighted by molar-refractivity contribution is 5.75. The fourth-order valence-electron chi connectivity index (χ4n) is 1.54. The molecule has 0 bridgehead atoms. The highest BCUT2D eigenvalue weighted by Gasteiger charge is 2.01. The molecule has 0 aliphatic carbocycles. The zero-order valence-corrected chi connectivity index (χ0v) is 9.84. The van der Waals surface area contributed by atoms with Crippen LogP contribution in [0, 0.1) is 5.82 Å². The van der Waals surface area contributed by atoms with Gasteiger partial charge in [-0.2, -0.15) is 0 Å². The molecule has 18 heavy (non-hydrogen) atoms. The lowest BCUT2D eigenvalue weighted by molar-refractivity contribution is -0.121. The Hall–Kier alpha value is -2.17. The van der Waals surface area contributed by atoms with E-state index in [1.807, 2.05) is 10.8 Å². The van der Waals surface area contributed by atoms with Crippen molar-refractivity contribution in [3.63, 3.8) is 0 Å². The number of aromatic nitrogens is 2. The molecule has 1 N–H and O–H groups in total. The summed E-state index contributed by atoms with van der Waals surface area (Å²) in [6.07, 6.45) is 5.56. The summed E-state index contributed by atoms with van der Waals surface area (Å²) in [6.45, 7) is 1.03. The molecular formula is C13H14FN3O. The van der Waals surface area contributed by atoms with E-state index >= 15 is 0 Å². The van der Waals surface area contributed by atoms with Crippen LogP contribution >= 0.6 is 0 Å². The SMILES string of the molecule is O=C(CCn1ccnc1)NCc1ccc(F)cc1. The maximum Gasteiger partial charge on any atom is 0.222 e. The molecule has 0 unspecified atom stereocenters. The number of rotatable bonds is 5. The monoisotopic (exact) mass is 247 g/mol. The Bertz CT molecular complexity index is 493. The third kappa shape index (κ3) is 3.69. The van der Waals surface area contributed by atoms with E-state index in [1.54, 1.807) is 24.7 Å². The predicted molar refractivity (Wildman–Crippen MR) is 65.1 cm³/mol. The van der Waals surface area contributed by atoms with Crippen LogP contribution in [-0.4, -0.2) is 15.5 Å². The van der Waals surface area contributed by atoms with E-state index in [4.69, 9.17) is 0 Å². The van der Waals surface area contributed by atoms with Gasteiger partial charge in [-0.1, -0.05) is 12.1 Å². The minimum Gasteiger partial charge on any atom is -0.352 e. The number of aryl methyl sites for hydroxylation is 1. The zero-order valence-electron chi connectivity index (χ0n) is 9.84.